The minimum atomic E-state index is -0.689. The van der Waals surface area contributed by atoms with E-state index in [1.54, 1.807) is 12.1 Å². The van der Waals surface area contributed by atoms with Gasteiger partial charge in [0, 0.05) is 13.1 Å². The van der Waals surface area contributed by atoms with Gasteiger partial charge in [-0.2, -0.15) is 9.78 Å². The van der Waals surface area contributed by atoms with E-state index in [0.717, 1.165) is 25.9 Å². The third-order valence-electron chi connectivity index (χ3n) is 5.26. The average Bonchev–Trinajstić information content (AvgIpc) is 2.78. The van der Waals surface area contributed by atoms with Crippen molar-refractivity contribution < 1.29 is 9.53 Å². The maximum absolute atomic E-state index is 13.2. The number of ether oxygens (including phenoxy) is 1. The normalized spacial score (nSPS) is 13.9. The zero-order valence-corrected chi connectivity index (χ0v) is 17.6. The van der Waals surface area contributed by atoms with Gasteiger partial charge in [0.2, 0.25) is 5.69 Å². The molecule has 0 aliphatic carbocycles. The number of rotatable bonds is 4. The van der Waals surface area contributed by atoms with Gasteiger partial charge in [0.05, 0.1) is 25.4 Å². The van der Waals surface area contributed by atoms with E-state index in [4.69, 9.17) is 4.74 Å². The summed E-state index contributed by atoms with van der Waals surface area (Å²) in [4.78, 5) is 41.1. The van der Waals surface area contributed by atoms with E-state index in [0.29, 0.717) is 32.0 Å². The summed E-state index contributed by atoms with van der Waals surface area (Å²) in [6.45, 7) is 5.49. The van der Waals surface area contributed by atoms with Gasteiger partial charge in [-0.25, -0.2) is 4.79 Å². The monoisotopic (exact) mass is 420 g/mol. The van der Waals surface area contributed by atoms with Crippen molar-refractivity contribution in [1.29, 1.82) is 0 Å². The molecule has 8 heteroatoms. The molecule has 31 heavy (non-hydrogen) atoms. The Bertz CT molecular complexity index is 1220. The van der Waals surface area contributed by atoms with Crippen LogP contribution in [-0.2, 0) is 11.3 Å². The maximum atomic E-state index is 13.2. The molecule has 2 heterocycles. The SMILES string of the molecule is Cc1ccc(-n2nc(C(=O)N3CCOCC3)c(=O)n(Cc3cccc(C)c3)c2=O)cc1. The molecule has 1 fully saturated rings. The average molecular weight is 420 g/mol. The van der Waals surface area contributed by atoms with Crippen LogP contribution < -0.4 is 11.2 Å². The van der Waals surface area contributed by atoms with E-state index in [1.807, 2.05) is 50.2 Å². The summed E-state index contributed by atoms with van der Waals surface area (Å²) in [5.74, 6) is -0.493. The Hall–Kier alpha value is -3.52. The lowest BCUT2D eigenvalue weighted by molar-refractivity contribution is 0.0295. The number of aryl methyl sites for hydroxylation is 2. The highest BCUT2D eigenvalue weighted by atomic mass is 16.5. The Balaban J connectivity index is 1.87. The molecule has 0 atom stereocenters. The number of nitrogens with zero attached hydrogens (tertiary/aromatic N) is 4. The standard InChI is InChI=1S/C23H24N4O4/c1-16-6-8-19(9-7-16)27-23(30)26(15-18-5-3-4-17(2)14-18)22(29)20(24-27)21(28)25-10-12-31-13-11-25/h3-9,14H,10-13,15H2,1-2H3. The van der Waals surface area contributed by atoms with Crippen molar-refractivity contribution in [3.8, 4) is 5.69 Å². The first kappa shape index (κ1) is 20.7. The van der Waals surface area contributed by atoms with Crippen molar-refractivity contribution in [1.82, 2.24) is 19.2 Å². The Morgan fingerprint density at radius 3 is 2.39 bits per heavy atom. The van der Waals surface area contributed by atoms with E-state index < -0.39 is 17.2 Å². The minimum Gasteiger partial charge on any atom is -0.378 e. The van der Waals surface area contributed by atoms with Gasteiger partial charge in [-0.1, -0.05) is 47.5 Å². The first-order valence-electron chi connectivity index (χ1n) is 10.2. The fraction of sp³-hybridized carbons (Fsp3) is 0.304. The number of benzene rings is 2. The quantitative estimate of drug-likeness (QED) is 0.639. The minimum absolute atomic E-state index is 0.0527. The second kappa shape index (κ2) is 8.69. The van der Waals surface area contributed by atoms with Crippen molar-refractivity contribution in [2.75, 3.05) is 26.3 Å². The van der Waals surface area contributed by atoms with E-state index in [2.05, 4.69) is 5.10 Å². The highest BCUT2D eigenvalue weighted by Crippen LogP contribution is 2.09. The molecule has 0 bridgehead atoms. The predicted molar refractivity (Wildman–Crippen MR) is 116 cm³/mol. The van der Waals surface area contributed by atoms with Crippen LogP contribution in [-0.4, -0.2) is 51.5 Å². The number of carbonyl (C=O) groups excluding carboxylic acids is 1. The molecule has 160 valence electrons. The molecule has 1 aromatic heterocycles. The van der Waals surface area contributed by atoms with Crippen LogP contribution in [0.1, 0.15) is 27.2 Å². The van der Waals surface area contributed by atoms with Crippen molar-refractivity contribution in [3.05, 3.63) is 91.8 Å². The van der Waals surface area contributed by atoms with Crippen LogP contribution in [0.4, 0.5) is 0 Å². The van der Waals surface area contributed by atoms with E-state index in [9.17, 15) is 14.4 Å². The largest absolute Gasteiger partial charge is 0.378 e. The lowest BCUT2D eigenvalue weighted by Crippen LogP contribution is -2.48. The molecule has 0 radical (unpaired) electrons. The Morgan fingerprint density at radius 1 is 1.00 bits per heavy atom. The third kappa shape index (κ3) is 4.34. The van der Waals surface area contributed by atoms with E-state index in [1.165, 1.54) is 4.90 Å². The third-order valence-corrected chi connectivity index (χ3v) is 5.26. The summed E-state index contributed by atoms with van der Waals surface area (Å²) < 4.78 is 7.51. The van der Waals surface area contributed by atoms with Crippen LogP contribution >= 0.6 is 0 Å². The molecule has 1 amide bonds. The van der Waals surface area contributed by atoms with Crippen molar-refractivity contribution in [2.24, 2.45) is 0 Å². The summed E-state index contributed by atoms with van der Waals surface area (Å²) in [5.41, 5.74) is 1.78. The fourth-order valence-electron chi connectivity index (χ4n) is 3.55. The van der Waals surface area contributed by atoms with Gasteiger partial charge in [-0.05, 0) is 31.5 Å². The van der Waals surface area contributed by atoms with Gasteiger partial charge in [-0.3, -0.25) is 14.2 Å². The molecule has 0 unspecified atom stereocenters. The molecular weight excluding hydrogens is 396 g/mol. The van der Waals surface area contributed by atoms with Crippen LogP contribution in [0.15, 0.2) is 58.1 Å². The molecule has 2 aromatic carbocycles. The highest BCUT2D eigenvalue weighted by molar-refractivity contribution is 5.91. The number of carbonyl (C=O) groups is 1. The number of aromatic nitrogens is 3. The molecule has 0 spiro atoms. The highest BCUT2D eigenvalue weighted by Gasteiger charge is 2.26. The molecule has 1 aliphatic heterocycles. The second-order valence-electron chi connectivity index (χ2n) is 7.66. The van der Waals surface area contributed by atoms with Gasteiger partial charge in [0.25, 0.3) is 11.5 Å². The topological polar surface area (TPSA) is 86.4 Å². The summed E-state index contributed by atoms with van der Waals surface area (Å²) in [7, 11) is 0. The number of amides is 1. The summed E-state index contributed by atoms with van der Waals surface area (Å²) in [5, 5.41) is 4.21. The zero-order valence-electron chi connectivity index (χ0n) is 17.6. The molecular formula is C23H24N4O4. The van der Waals surface area contributed by atoms with Gasteiger partial charge in [0.15, 0.2) is 0 Å². The molecule has 4 rings (SSSR count). The van der Waals surface area contributed by atoms with Gasteiger partial charge in [0.1, 0.15) is 0 Å². The molecule has 0 N–H and O–H groups in total. The molecule has 8 nitrogen and oxygen atoms in total. The number of hydrogen-bond donors (Lipinski definition) is 0. The van der Waals surface area contributed by atoms with Gasteiger partial charge in [-0.15, -0.1) is 0 Å². The lowest BCUT2D eigenvalue weighted by atomic mass is 10.1. The first-order chi connectivity index (χ1) is 14.9. The Labute approximate surface area is 179 Å². The molecule has 1 saturated heterocycles. The molecule has 3 aromatic rings. The van der Waals surface area contributed by atoms with E-state index in [-0.39, 0.29) is 12.2 Å². The van der Waals surface area contributed by atoms with Crippen LogP contribution in [0.2, 0.25) is 0 Å². The zero-order chi connectivity index (χ0) is 22.0. The van der Waals surface area contributed by atoms with E-state index >= 15 is 0 Å². The second-order valence-corrected chi connectivity index (χ2v) is 7.66. The summed E-state index contributed by atoms with van der Waals surface area (Å²) in [6.07, 6.45) is 0. The predicted octanol–water partition coefficient (Wildman–Crippen LogP) is 1.53. The Kier molecular flexibility index (Phi) is 5.81. The lowest BCUT2D eigenvalue weighted by Gasteiger charge is -2.26. The maximum Gasteiger partial charge on any atom is 0.352 e. The van der Waals surface area contributed by atoms with Crippen LogP contribution in [0.3, 0.4) is 0 Å². The van der Waals surface area contributed by atoms with Crippen LogP contribution in [0.25, 0.3) is 5.69 Å². The van der Waals surface area contributed by atoms with Crippen LogP contribution in [0, 0.1) is 13.8 Å². The van der Waals surface area contributed by atoms with Crippen LogP contribution in [0.5, 0.6) is 0 Å². The smallest absolute Gasteiger partial charge is 0.352 e. The van der Waals surface area contributed by atoms with Gasteiger partial charge < -0.3 is 9.64 Å². The Morgan fingerprint density at radius 2 is 1.71 bits per heavy atom. The van der Waals surface area contributed by atoms with Crippen molar-refractivity contribution in [2.45, 2.75) is 20.4 Å². The van der Waals surface area contributed by atoms with Crippen molar-refractivity contribution >= 4 is 5.91 Å². The van der Waals surface area contributed by atoms with Gasteiger partial charge >= 0.3 is 5.69 Å². The number of morpholine rings is 1. The summed E-state index contributed by atoms with van der Waals surface area (Å²) in [6, 6.07) is 14.8. The molecule has 0 saturated carbocycles. The van der Waals surface area contributed by atoms with Crippen molar-refractivity contribution in [3.63, 3.8) is 0 Å². The molecule has 1 aliphatic rings. The first-order valence-corrected chi connectivity index (χ1v) is 10.2. The fourth-order valence-corrected chi connectivity index (χ4v) is 3.55. The summed E-state index contributed by atoms with van der Waals surface area (Å²) >= 11 is 0. The number of hydrogen-bond acceptors (Lipinski definition) is 5.